The summed E-state index contributed by atoms with van der Waals surface area (Å²) in [6, 6.07) is 2.33. The number of ether oxygens (including phenoxy) is 1. The summed E-state index contributed by atoms with van der Waals surface area (Å²) in [6.45, 7) is 7.80. The largest absolute Gasteiger partial charge is 0.378 e. The fourth-order valence-electron chi connectivity index (χ4n) is 2.40. The lowest BCUT2D eigenvalue weighted by atomic mass is 9.89. The molecule has 98 valence electrons. The van der Waals surface area contributed by atoms with Gasteiger partial charge in [0.1, 0.15) is 5.54 Å². The van der Waals surface area contributed by atoms with Crippen molar-refractivity contribution in [1.29, 1.82) is 5.26 Å². The third-order valence-corrected chi connectivity index (χ3v) is 3.73. The molecule has 17 heavy (non-hydrogen) atoms. The van der Waals surface area contributed by atoms with E-state index in [1.807, 2.05) is 13.8 Å². The minimum Gasteiger partial charge on any atom is -0.378 e. The van der Waals surface area contributed by atoms with Gasteiger partial charge in [0.05, 0.1) is 12.2 Å². The van der Waals surface area contributed by atoms with Gasteiger partial charge in [-0.05, 0) is 45.1 Å². The Hall–Kier alpha value is -0.590. The van der Waals surface area contributed by atoms with E-state index in [2.05, 4.69) is 18.3 Å². The lowest BCUT2D eigenvalue weighted by Crippen LogP contribution is -2.42. The Morgan fingerprint density at radius 2 is 2.00 bits per heavy atom. The van der Waals surface area contributed by atoms with E-state index in [0.717, 1.165) is 18.9 Å². The zero-order valence-corrected chi connectivity index (χ0v) is 11.5. The molecule has 3 heteroatoms. The van der Waals surface area contributed by atoms with E-state index in [1.165, 1.54) is 25.7 Å². The molecule has 0 aromatic carbocycles. The fourth-order valence-corrected chi connectivity index (χ4v) is 2.40. The van der Waals surface area contributed by atoms with Gasteiger partial charge in [0.2, 0.25) is 0 Å². The van der Waals surface area contributed by atoms with Crippen LogP contribution in [0.15, 0.2) is 0 Å². The molecule has 0 heterocycles. The van der Waals surface area contributed by atoms with Gasteiger partial charge < -0.3 is 4.74 Å². The highest BCUT2D eigenvalue weighted by Crippen LogP contribution is 2.25. The van der Waals surface area contributed by atoms with Gasteiger partial charge in [-0.15, -0.1) is 0 Å². The first kappa shape index (κ1) is 14.5. The molecule has 3 nitrogen and oxygen atoms in total. The third-order valence-electron chi connectivity index (χ3n) is 3.73. The molecule has 1 saturated carbocycles. The Balaban J connectivity index is 2.21. The fraction of sp³-hybridized carbons (Fsp3) is 0.929. The van der Waals surface area contributed by atoms with Gasteiger partial charge in [-0.25, -0.2) is 0 Å². The number of hydrogen-bond acceptors (Lipinski definition) is 3. The van der Waals surface area contributed by atoms with Crippen LogP contribution >= 0.6 is 0 Å². The molecule has 1 aliphatic carbocycles. The minimum atomic E-state index is -0.434. The third kappa shape index (κ3) is 5.06. The molecule has 1 fully saturated rings. The van der Waals surface area contributed by atoms with Crippen molar-refractivity contribution in [2.75, 3.05) is 13.2 Å². The van der Waals surface area contributed by atoms with E-state index in [-0.39, 0.29) is 0 Å². The number of nitrogens with one attached hydrogen (secondary N) is 1. The molecule has 1 N–H and O–H groups in total. The van der Waals surface area contributed by atoms with Crippen molar-refractivity contribution in [3.05, 3.63) is 0 Å². The van der Waals surface area contributed by atoms with Crippen molar-refractivity contribution >= 4 is 0 Å². The average molecular weight is 238 g/mol. The highest BCUT2D eigenvalue weighted by molar-refractivity contribution is 5.03. The summed E-state index contributed by atoms with van der Waals surface area (Å²) < 4.78 is 5.88. The molecule has 0 aliphatic heterocycles. The van der Waals surface area contributed by atoms with E-state index in [4.69, 9.17) is 10.00 Å². The number of nitriles is 1. The topological polar surface area (TPSA) is 45.0 Å². The highest BCUT2D eigenvalue weighted by Gasteiger charge is 2.23. The molecule has 0 amide bonds. The predicted octanol–water partition coefficient (Wildman–Crippen LogP) is 2.86. The van der Waals surface area contributed by atoms with Crippen molar-refractivity contribution in [2.45, 2.75) is 64.5 Å². The summed E-state index contributed by atoms with van der Waals surface area (Å²) in [5, 5.41) is 12.3. The molecule has 1 rings (SSSR count). The van der Waals surface area contributed by atoms with Gasteiger partial charge in [-0.2, -0.15) is 5.26 Å². The summed E-state index contributed by atoms with van der Waals surface area (Å²) >= 11 is 0. The standard InChI is InChI=1S/C14H26N2O/c1-4-16-14(3,11-15)9-10-17-13-7-5-12(2)6-8-13/h12-13,16H,4-10H2,1-3H3. The molecule has 0 aromatic heterocycles. The van der Waals surface area contributed by atoms with Gasteiger partial charge in [-0.3, -0.25) is 5.32 Å². The molecule has 0 radical (unpaired) electrons. The van der Waals surface area contributed by atoms with Crippen molar-refractivity contribution < 1.29 is 4.74 Å². The van der Waals surface area contributed by atoms with Crippen LogP contribution in [0.5, 0.6) is 0 Å². The van der Waals surface area contributed by atoms with Crippen LogP contribution in [0, 0.1) is 17.2 Å². The molecule has 1 aliphatic rings. The second-order valence-corrected chi connectivity index (χ2v) is 5.48. The van der Waals surface area contributed by atoms with E-state index >= 15 is 0 Å². The van der Waals surface area contributed by atoms with Crippen LogP contribution in [0.3, 0.4) is 0 Å². The van der Waals surface area contributed by atoms with Crippen molar-refractivity contribution in [1.82, 2.24) is 5.32 Å². The summed E-state index contributed by atoms with van der Waals surface area (Å²) in [4.78, 5) is 0. The van der Waals surface area contributed by atoms with Crippen LogP contribution in [0.2, 0.25) is 0 Å². The molecule has 0 spiro atoms. The Morgan fingerprint density at radius 1 is 1.35 bits per heavy atom. The van der Waals surface area contributed by atoms with Crippen LogP contribution in [-0.2, 0) is 4.74 Å². The van der Waals surface area contributed by atoms with Crippen LogP contribution in [0.1, 0.15) is 52.9 Å². The van der Waals surface area contributed by atoms with Crippen molar-refractivity contribution in [2.24, 2.45) is 5.92 Å². The zero-order valence-electron chi connectivity index (χ0n) is 11.5. The molecule has 0 bridgehead atoms. The Labute approximate surface area is 106 Å². The maximum atomic E-state index is 9.12. The second-order valence-electron chi connectivity index (χ2n) is 5.48. The summed E-state index contributed by atoms with van der Waals surface area (Å²) in [6.07, 6.45) is 6.14. The van der Waals surface area contributed by atoms with E-state index in [9.17, 15) is 0 Å². The average Bonchev–Trinajstić information content (AvgIpc) is 2.32. The summed E-state index contributed by atoms with van der Waals surface area (Å²) in [7, 11) is 0. The van der Waals surface area contributed by atoms with Gasteiger partial charge >= 0.3 is 0 Å². The van der Waals surface area contributed by atoms with Gasteiger partial charge in [0.15, 0.2) is 0 Å². The first-order chi connectivity index (χ1) is 8.09. The molecular weight excluding hydrogens is 212 g/mol. The first-order valence-electron chi connectivity index (χ1n) is 6.87. The Kier molecular flexibility index (Phi) is 5.94. The molecule has 0 saturated heterocycles. The second kappa shape index (κ2) is 6.98. The van der Waals surface area contributed by atoms with Gasteiger partial charge in [-0.1, -0.05) is 13.8 Å². The first-order valence-corrected chi connectivity index (χ1v) is 6.87. The normalized spacial score (nSPS) is 28.4. The molecule has 0 aromatic rings. The molecule has 1 unspecified atom stereocenters. The lowest BCUT2D eigenvalue weighted by Gasteiger charge is -2.28. The van der Waals surface area contributed by atoms with Crippen LogP contribution in [0.4, 0.5) is 0 Å². The number of hydrogen-bond donors (Lipinski definition) is 1. The zero-order chi connectivity index (χ0) is 12.7. The van der Waals surface area contributed by atoms with Crippen molar-refractivity contribution in [3.8, 4) is 6.07 Å². The maximum Gasteiger partial charge on any atom is 0.106 e. The Bertz CT molecular complexity index is 253. The monoisotopic (exact) mass is 238 g/mol. The minimum absolute atomic E-state index is 0.427. The van der Waals surface area contributed by atoms with Crippen LogP contribution in [0.25, 0.3) is 0 Å². The predicted molar refractivity (Wildman–Crippen MR) is 69.7 cm³/mol. The summed E-state index contributed by atoms with van der Waals surface area (Å²) in [5.41, 5.74) is -0.434. The van der Waals surface area contributed by atoms with Crippen LogP contribution in [-0.4, -0.2) is 24.8 Å². The Morgan fingerprint density at radius 3 is 2.53 bits per heavy atom. The SMILES string of the molecule is CCNC(C)(C#N)CCOC1CCC(C)CC1. The highest BCUT2D eigenvalue weighted by atomic mass is 16.5. The van der Waals surface area contributed by atoms with E-state index in [0.29, 0.717) is 12.7 Å². The molecule has 1 atom stereocenters. The van der Waals surface area contributed by atoms with Gasteiger partial charge in [0.25, 0.3) is 0 Å². The molecular formula is C14H26N2O. The maximum absolute atomic E-state index is 9.12. The van der Waals surface area contributed by atoms with Gasteiger partial charge in [0, 0.05) is 13.0 Å². The van der Waals surface area contributed by atoms with E-state index in [1.54, 1.807) is 0 Å². The van der Waals surface area contributed by atoms with Crippen LogP contribution < -0.4 is 5.32 Å². The lowest BCUT2D eigenvalue weighted by molar-refractivity contribution is 0.0130. The number of nitrogens with zero attached hydrogens (tertiary/aromatic N) is 1. The van der Waals surface area contributed by atoms with E-state index < -0.39 is 5.54 Å². The quantitative estimate of drug-likeness (QED) is 0.774. The smallest absolute Gasteiger partial charge is 0.106 e. The summed E-state index contributed by atoms with van der Waals surface area (Å²) in [5.74, 6) is 0.862. The number of rotatable bonds is 6. The van der Waals surface area contributed by atoms with Crippen molar-refractivity contribution in [3.63, 3.8) is 0 Å².